The summed E-state index contributed by atoms with van der Waals surface area (Å²) in [4.78, 5) is 2.64. The minimum atomic E-state index is 0.403. The maximum Gasteiger partial charge on any atom is 0.0518 e. The van der Waals surface area contributed by atoms with Gasteiger partial charge in [0.2, 0.25) is 0 Å². The first-order chi connectivity index (χ1) is 8.66. The summed E-state index contributed by atoms with van der Waals surface area (Å²) in [6.07, 6.45) is 6.25. The molecule has 0 spiro atoms. The second-order valence-electron chi connectivity index (χ2n) is 5.79. The van der Waals surface area contributed by atoms with Gasteiger partial charge in [0.25, 0.3) is 0 Å². The van der Waals surface area contributed by atoms with Gasteiger partial charge >= 0.3 is 0 Å². The number of piperidine rings is 2. The van der Waals surface area contributed by atoms with Crippen LogP contribution in [0, 0.1) is 6.92 Å². The van der Waals surface area contributed by atoms with Crippen LogP contribution < -0.4 is 10.6 Å². The maximum absolute atomic E-state index is 6.19. The molecule has 0 amide bonds. The van der Waals surface area contributed by atoms with E-state index in [0.29, 0.717) is 18.1 Å². The van der Waals surface area contributed by atoms with Gasteiger partial charge in [0, 0.05) is 22.6 Å². The Kier molecular flexibility index (Phi) is 3.37. The zero-order valence-corrected chi connectivity index (χ0v) is 12.5. The molecule has 2 bridgehead atoms. The van der Waals surface area contributed by atoms with Crippen molar-refractivity contribution in [3.05, 3.63) is 28.2 Å². The van der Waals surface area contributed by atoms with Crippen LogP contribution in [-0.4, -0.2) is 18.1 Å². The van der Waals surface area contributed by atoms with E-state index in [0.717, 1.165) is 12.8 Å². The van der Waals surface area contributed by atoms with Gasteiger partial charge in [0.15, 0.2) is 0 Å². The molecule has 1 aromatic carbocycles. The van der Waals surface area contributed by atoms with E-state index >= 15 is 0 Å². The fourth-order valence-corrected chi connectivity index (χ4v) is 4.12. The first-order valence-electron chi connectivity index (χ1n) is 6.96. The average molecular weight is 309 g/mol. The molecule has 2 atom stereocenters. The number of hydrogen-bond acceptors (Lipinski definition) is 2. The summed E-state index contributed by atoms with van der Waals surface area (Å²) in [7, 11) is 0. The van der Waals surface area contributed by atoms with E-state index in [1.54, 1.807) is 0 Å². The molecule has 3 heteroatoms. The summed E-state index contributed by atoms with van der Waals surface area (Å²) < 4.78 is 1.26. The Balaban J connectivity index is 1.98. The molecule has 3 rings (SSSR count). The number of fused-ring (bicyclic) bond motifs is 2. The highest BCUT2D eigenvalue weighted by Gasteiger charge is 2.37. The number of benzene rings is 1. The second-order valence-corrected chi connectivity index (χ2v) is 6.58. The van der Waals surface area contributed by atoms with E-state index in [1.807, 2.05) is 0 Å². The van der Waals surface area contributed by atoms with E-state index < -0.39 is 0 Å². The van der Waals surface area contributed by atoms with Crippen LogP contribution in [-0.2, 0) is 0 Å². The number of halogens is 1. The van der Waals surface area contributed by atoms with E-state index in [9.17, 15) is 0 Å². The number of nitrogens with two attached hydrogens (primary N) is 1. The van der Waals surface area contributed by atoms with Gasteiger partial charge in [-0.2, -0.15) is 0 Å². The van der Waals surface area contributed by atoms with Gasteiger partial charge in [-0.05, 0) is 66.6 Å². The standard InChI is InChI=1S/C15H21BrN2/c1-10-4-2-7-14(15(10)16)18-12-5-3-6-13(18)9-11(17)8-12/h2,4,7,11-13H,3,5-6,8-9,17H2,1H3. The summed E-state index contributed by atoms with van der Waals surface area (Å²) in [5, 5.41) is 0. The lowest BCUT2D eigenvalue weighted by molar-refractivity contribution is 0.271. The number of nitrogens with zero attached hydrogens (tertiary/aromatic N) is 1. The highest BCUT2D eigenvalue weighted by atomic mass is 79.9. The number of anilines is 1. The molecule has 0 aliphatic carbocycles. The Morgan fingerprint density at radius 3 is 2.56 bits per heavy atom. The van der Waals surface area contributed by atoms with Crippen molar-refractivity contribution in [3.8, 4) is 0 Å². The lowest BCUT2D eigenvalue weighted by atomic mass is 9.81. The Morgan fingerprint density at radius 1 is 1.22 bits per heavy atom. The monoisotopic (exact) mass is 308 g/mol. The largest absolute Gasteiger partial charge is 0.365 e. The predicted octanol–water partition coefficient (Wildman–Crippen LogP) is 3.61. The Hall–Kier alpha value is -0.540. The van der Waals surface area contributed by atoms with E-state index in [-0.39, 0.29) is 0 Å². The molecule has 2 fully saturated rings. The van der Waals surface area contributed by atoms with Crippen molar-refractivity contribution in [2.75, 3.05) is 4.90 Å². The summed E-state index contributed by atoms with van der Waals surface area (Å²) in [5.41, 5.74) is 8.89. The van der Waals surface area contributed by atoms with Crippen LogP contribution in [0.5, 0.6) is 0 Å². The average Bonchev–Trinajstić information content (AvgIpc) is 2.32. The molecule has 18 heavy (non-hydrogen) atoms. The van der Waals surface area contributed by atoms with Crippen LogP contribution in [0.2, 0.25) is 0 Å². The molecule has 2 heterocycles. The van der Waals surface area contributed by atoms with Crippen molar-refractivity contribution in [2.45, 2.75) is 57.2 Å². The molecule has 0 aromatic heterocycles. The van der Waals surface area contributed by atoms with E-state index in [2.05, 4.69) is 46.0 Å². The van der Waals surface area contributed by atoms with Crippen LogP contribution in [0.15, 0.2) is 22.7 Å². The van der Waals surface area contributed by atoms with Crippen LogP contribution in [0.3, 0.4) is 0 Å². The molecule has 0 saturated carbocycles. The maximum atomic E-state index is 6.19. The van der Waals surface area contributed by atoms with Gasteiger partial charge in [0.05, 0.1) is 5.69 Å². The van der Waals surface area contributed by atoms with Crippen molar-refractivity contribution in [1.82, 2.24) is 0 Å². The Labute approximate surface area is 118 Å². The fraction of sp³-hybridized carbons (Fsp3) is 0.600. The topological polar surface area (TPSA) is 29.3 Å². The van der Waals surface area contributed by atoms with Crippen molar-refractivity contribution < 1.29 is 0 Å². The highest BCUT2D eigenvalue weighted by Crippen LogP contribution is 2.41. The molecular formula is C15H21BrN2. The fourth-order valence-electron chi connectivity index (χ4n) is 3.65. The van der Waals surface area contributed by atoms with Gasteiger partial charge in [-0.25, -0.2) is 0 Å². The Bertz CT molecular complexity index is 432. The smallest absolute Gasteiger partial charge is 0.0518 e. The van der Waals surface area contributed by atoms with Crippen molar-refractivity contribution in [1.29, 1.82) is 0 Å². The number of rotatable bonds is 1. The molecular weight excluding hydrogens is 288 g/mol. The van der Waals surface area contributed by atoms with Gasteiger partial charge in [-0.15, -0.1) is 0 Å². The van der Waals surface area contributed by atoms with Crippen LogP contribution in [0.1, 0.15) is 37.7 Å². The van der Waals surface area contributed by atoms with E-state index in [1.165, 1.54) is 35.0 Å². The number of hydrogen-bond donors (Lipinski definition) is 1. The van der Waals surface area contributed by atoms with Gasteiger partial charge in [-0.3, -0.25) is 0 Å². The summed E-state index contributed by atoms with van der Waals surface area (Å²) in [6, 6.07) is 8.27. The van der Waals surface area contributed by atoms with Crippen molar-refractivity contribution in [3.63, 3.8) is 0 Å². The molecule has 2 nitrogen and oxygen atoms in total. The first-order valence-corrected chi connectivity index (χ1v) is 7.75. The highest BCUT2D eigenvalue weighted by molar-refractivity contribution is 9.10. The van der Waals surface area contributed by atoms with Crippen molar-refractivity contribution >= 4 is 21.6 Å². The number of aryl methyl sites for hydroxylation is 1. The van der Waals surface area contributed by atoms with Crippen molar-refractivity contribution in [2.24, 2.45) is 5.73 Å². The molecule has 2 saturated heterocycles. The van der Waals surface area contributed by atoms with Gasteiger partial charge in [-0.1, -0.05) is 12.1 Å². The summed E-state index contributed by atoms with van der Waals surface area (Å²) in [6.45, 7) is 2.17. The third-order valence-corrected chi connectivity index (χ3v) is 5.49. The van der Waals surface area contributed by atoms with Crippen LogP contribution in [0.4, 0.5) is 5.69 Å². The lowest BCUT2D eigenvalue weighted by Gasteiger charge is -2.50. The molecule has 2 unspecified atom stereocenters. The van der Waals surface area contributed by atoms with Gasteiger partial charge in [0.1, 0.15) is 0 Å². The third kappa shape index (κ3) is 2.08. The molecule has 2 aliphatic rings. The van der Waals surface area contributed by atoms with Crippen LogP contribution in [0.25, 0.3) is 0 Å². The Morgan fingerprint density at radius 2 is 1.89 bits per heavy atom. The second kappa shape index (κ2) is 4.86. The third-order valence-electron chi connectivity index (χ3n) is 4.46. The summed E-state index contributed by atoms with van der Waals surface area (Å²) in [5.74, 6) is 0. The minimum Gasteiger partial charge on any atom is -0.365 e. The molecule has 2 aliphatic heterocycles. The molecule has 1 aromatic rings. The first kappa shape index (κ1) is 12.5. The lowest BCUT2D eigenvalue weighted by Crippen LogP contribution is -2.55. The predicted molar refractivity (Wildman–Crippen MR) is 80.0 cm³/mol. The molecule has 98 valence electrons. The molecule has 0 radical (unpaired) electrons. The SMILES string of the molecule is Cc1cccc(N2C3CCCC2CC(N)C3)c1Br. The normalized spacial score (nSPS) is 31.5. The van der Waals surface area contributed by atoms with Crippen LogP contribution >= 0.6 is 15.9 Å². The summed E-state index contributed by atoms with van der Waals surface area (Å²) >= 11 is 3.77. The zero-order valence-electron chi connectivity index (χ0n) is 10.9. The molecule has 2 N–H and O–H groups in total. The van der Waals surface area contributed by atoms with E-state index in [4.69, 9.17) is 5.73 Å². The minimum absolute atomic E-state index is 0.403. The van der Waals surface area contributed by atoms with Gasteiger partial charge < -0.3 is 10.6 Å². The quantitative estimate of drug-likeness (QED) is 0.859. The zero-order chi connectivity index (χ0) is 12.7.